The largest absolute Gasteiger partial charge is 0.504 e. The SMILES string of the molecule is CCOc1cc(C=O)cc(C=CCCNC)c1O. The molecule has 0 spiro atoms. The van der Waals surface area contributed by atoms with E-state index in [-0.39, 0.29) is 5.75 Å². The van der Waals surface area contributed by atoms with Crippen molar-refractivity contribution in [3.05, 3.63) is 29.3 Å². The second kappa shape index (κ2) is 7.50. The number of carbonyl (C=O) groups is 1. The number of rotatable bonds is 7. The summed E-state index contributed by atoms with van der Waals surface area (Å²) in [7, 11) is 1.88. The molecule has 0 saturated carbocycles. The first-order chi connectivity index (χ1) is 8.72. The van der Waals surface area contributed by atoms with Crippen molar-refractivity contribution in [2.75, 3.05) is 20.2 Å². The second-order valence-corrected chi connectivity index (χ2v) is 3.80. The highest BCUT2D eigenvalue weighted by Crippen LogP contribution is 2.32. The fourth-order valence-corrected chi connectivity index (χ4v) is 1.55. The van der Waals surface area contributed by atoms with Crippen molar-refractivity contribution < 1.29 is 14.6 Å². The van der Waals surface area contributed by atoms with Crippen LogP contribution in [0, 0.1) is 0 Å². The highest BCUT2D eigenvalue weighted by molar-refractivity contribution is 5.79. The first kappa shape index (κ1) is 14.3. The topological polar surface area (TPSA) is 58.6 Å². The molecule has 2 N–H and O–H groups in total. The lowest BCUT2D eigenvalue weighted by Crippen LogP contribution is -2.05. The average Bonchev–Trinajstić information content (AvgIpc) is 2.38. The first-order valence-electron chi connectivity index (χ1n) is 5.99. The van der Waals surface area contributed by atoms with Crippen LogP contribution in [0.15, 0.2) is 18.2 Å². The second-order valence-electron chi connectivity index (χ2n) is 3.80. The van der Waals surface area contributed by atoms with Gasteiger partial charge in [0.1, 0.15) is 6.29 Å². The molecule has 0 amide bonds. The lowest BCUT2D eigenvalue weighted by atomic mass is 10.1. The van der Waals surface area contributed by atoms with Gasteiger partial charge in [-0.3, -0.25) is 4.79 Å². The monoisotopic (exact) mass is 249 g/mol. The van der Waals surface area contributed by atoms with E-state index in [1.807, 2.05) is 20.0 Å². The van der Waals surface area contributed by atoms with E-state index >= 15 is 0 Å². The number of nitrogens with one attached hydrogen (secondary N) is 1. The Balaban J connectivity index is 2.97. The molecule has 0 aromatic heterocycles. The number of phenols is 1. The lowest BCUT2D eigenvalue weighted by molar-refractivity contribution is 0.112. The van der Waals surface area contributed by atoms with Crippen LogP contribution in [0.4, 0.5) is 0 Å². The molecule has 18 heavy (non-hydrogen) atoms. The van der Waals surface area contributed by atoms with Crippen molar-refractivity contribution in [1.29, 1.82) is 0 Å². The van der Waals surface area contributed by atoms with Crippen LogP contribution >= 0.6 is 0 Å². The maximum Gasteiger partial charge on any atom is 0.165 e. The van der Waals surface area contributed by atoms with Crippen LogP contribution in [0.3, 0.4) is 0 Å². The molecule has 1 aromatic carbocycles. The molecule has 0 heterocycles. The maximum atomic E-state index is 10.8. The summed E-state index contributed by atoms with van der Waals surface area (Å²) in [5, 5.41) is 13.0. The molecule has 98 valence electrons. The summed E-state index contributed by atoms with van der Waals surface area (Å²) in [6, 6.07) is 3.18. The molecule has 0 bridgehead atoms. The number of carbonyl (C=O) groups excluding carboxylic acids is 1. The number of aldehydes is 1. The van der Waals surface area contributed by atoms with Gasteiger partial charge in [-0.05, 0) is 39.1 Å². The van der Waals surface area contributed by atoms with Gasteiger partial charge in [0.05, 0.1) is 6.61 Å². The summed E-state index contributed by atoms with van der Waals surface area (Å²) in [6.45, 7) is 3.14. The van der Waals surface area contributed by atoms with Crippen molar-refractivity contribution in [3.63, 3.8) is 0 Å². The van der Waals surface area contributed by atoms with E-state index in [9.17, 15) is 9.90 Å². The highest BCUT2D eigenvalue weighted by atomic mass is 16.5. The Labute approximate surface area is 107 Å². The van der Waals surface area contributed by atoms with E-state index in [1.54, 1.807) is 12.1 Å². The van der Waals surface area contributed by atoms with Crippen molar-refractivity contribution >= 4 is 12.4 Å². The van der Waals surface area contributed by atoms with Crippen molar-refractivity contribution in [2.45, 2.75) is 13.3 Å². The van der Waals surface area contributed by atoms with Gasteiger partial charge in [0, 0.05) is 11.1 Å². The van der Waals surface area contributed by atoms with Gasteiger partial charge < -0.3 is 15.2 Å². The summed E-state index contributed by atoms with van der Waals surface area (Å²) < 4.78 is 5.29. The van der Waals surface area contributed by atoms with Crippen LogP contribution in [0.2, 0.25) is 0 Å². The number of phenolic OH excluding ortho intramolecular Hbond substituents is 1. The van der Waals surface area contributed by atoms with Crippen LogP contribution in [0.25, 0.3) is 6.08 Å². The van der Waals surface area contributed by atoms with Gasteiger partial charge in [0.15, 0.2) is 11.5 Å². The third-order valence-electron chi connectivity index (χ3n) is 2.42. The number of ether oxygens (including phenoxy) is 1. The average molecular weight is 249 g/mol. The number of benzene rings is 1. The zero-order valence-electron chi connectivity index (χ0n) is 10.8. The van der Waals surface area contributed by atoms with Gasteiger partial charge in [0.2, 0.25) is 0 Å². The Morgan fingerprint density at radius 3 is 2.83 bits per heavy atom. The minimum Gasteiger partial charge on any atom is -0.504 e. The summed E-state index contributed by atoms with van der Waals surface area (Å²) >= 11 is 0. The summed E-state index contributed by atoms with van der Waals surface area (Å²) in [6.07, 6.45) is 5.33. The van der Waals surface area contributed by atoms with E-state index in [2.05, 4.69) is 5.32 Å². The normalized spacial score (nSPS) is 10.8. The van der Waals surface area contributed by atoms with Crippen LogP contribution in [0.5, 0.6) is 11.5 Å². The molecule has 0 fully saturated rings. The van der Waals surface area contributed by atoms with Crippen LogP contribution < -0.4 is 10.1 Å². The highest BCUT2D eigenvalue weighted by Gasteiger charge is 2.08. The van der Waals surface area contributed by atoms with Crippen molar-refractivity contribution in [3.8, 4) is 11.5 Å². The molecular weight excluding hydrogens is 230 g/mol. The third kappa shape index (κ3) is 3.89. The van der Waals surface area contributed by atoms with Crippen molar-refractivity contribution in [2.24, 2.45) is 0 Å². The van der Waals surface area contributed by atoms with E-state index in [0.717, 1.165) is 19.3 Å². The predicted molar refractivity (Wildman–Crippen MR) is 72.2 cm³/mol. The van der Waals surface area contributed by atoms with Crippen molar-refractivity contribution in [1.82, 2.24) is 5.32 Å². The molecule has 0 aliphatic heterocycles. The molecule has 0 unspecified atom stereocenters. The molecule has 0 radical (unpaired) electrons. The minimum absolute atomic E-state index is 0.0724. The van der Waals surface area contributed by atoms with E-state index in [0.29, 0.717) is 23.5 Å². The predicted octanol–water partition coefficient (Wildman–Crippen LogP) is 2.23. The smallest absolute Gasteiger partial charge is 0.165 e. The summed E-state index contributed by atoms with van der Waals surface area (Å²) in [5.41, 5.74) is 1.09. The van der Waals surface area contributed by atoms with E-state index in [4.69, 9.17) is 4.74 Å². The molecule has 0 aliphatic carbocycles. The third-order valence-corrected chi connectivity index (χ3v) is 2.42. The molecule has 1 aromatic rings. The molecule has 1 rings (SSSR count). The van der Waals surface area contributed by atoms with Crippen LogP contribution in [0.1, 0.15) is 29.3 Å². The van der Waals surface area contributed by atoms with E-state index < -0.39 is 0 Å². The summed E-state index contributed by atoms with van der Waals surface area (Å²) in [5.74, 6) is 0.415. The molecule has 4 nitrogen and oxygen atoms in total. The number of hydrogen-bond acceptors (Lipinski definition) is 4. The van der Waals surface area contributed by atoms with Gasteiger partial charge in [-0.15, -0.1) is 0 Å². The number of aromatic hydroxyl groups is 1. The summed E-state index contributed by atoms with van der Waals surface area (Å²) in [4.78, 5) is 10.8. The minimum atomic E-state index is 0.0724. The zero-order valence-corrected chi connectivity index (χ0v) is 10.8. The Morgan fingerprint density at radius 2 is 2.22 bits per heavy atom. The van der Waals surface area contributed by atoms with Crippen LogP contribution in [-0.2, 0) is 0 Å². The Morgan fingerprint density at radius 1 is 1.44 bits per heavy atom. The Hall–Kier alpha value is -1.81. The van der Waals surface area contributed by atoms with Gasteiger partial charge in [0.25, 0.3) is 0 Å². The molecule has 0 aliphatic rings. The molecule has 4 heteroatoms. The first-order valence-corrected chi connectivity index (χ1v) is 5.99. The molecular formula is C14H19NO3. The molecule has 0 atom stereocenters. The molecule has 0 saturated heterocycles. The quantitative estimate of drug-likeness (QED) is 0.574. The Kier molecular flexibility index (Phi) is 5.94. The maximum absolute atomic E-state index is 10.8. The van der Waals surface area contributed by atoms with E-state index in [1.165, 1.54) is 6.07 Å². The van der Waals surface area contributed by atoms with Gasteiger partial charge in [-0.25, -0.2) is 0 Å². The zero-order chi connectivity index (χ0) is 13.4. The fourth-order valence-electron chi connectivity index (χ4n) is 1.55. The van der Waals surface area contributed by atoms with Gasteiger partial charge in [-0.2, -0.15) is 0 Å². The van der Waals surface area contributed by atoms with Crippen LogP contribution in [-0.4, -0.2) is 31.6 Å². The van der Waals surface area contributed by atoms with Gasteiger partial charge >= 0.3 is 0 Å². The lowest BCUT2D eigenvalue weighted by Gasteiger charge is -2.09. The van der Waals surface area contributed by atoms with Gasteiger partial charge in [-0.1, -0.05) is 12.2 Å². The standard InChI is InChI=1S/C14H19NO3/c1-3-18-13-9-11(10-16)8-12(14(13)17)6-4-5-7-15-2/h4,6,8-10,15,17H,3,5,7H2,1-2H3. The fraction of sp³-hybridized carbons (Fsp3) is 0.357. The Bertz CT molecular complexity index is 427. The number of hydrogen-bond donors (Lipinski definition) is 2.